The number of rotatable bonds is 8. The molecular weight excluding hydrogens is 324 g/mol. The van der Waals surface area contributed by atoms with E-state index in [0.717, 1.165) is 17.5 Å². The van der Waals surface area contributed by atoms with Gasteiger partial charge < -0.3 is 10.6 Å². The molecule has 0 spiro atoms. The Morgan fingerprint density at radius 1 is 1.00 bits per heavy atom. The smallest absolute Gasteiger partial charge is 0.251 e. The van der Waals surface area contributed by atoms with Gasteiger partial charge in [-0.2, -0.15) is 0 Å². The van der Waals surface area contributed by atoms with Gasteiger partial charge in [0.15, 0.2) is 0 Å². The van der Waals surface area contributed by atoms with Gasteiger partial charge in [0.05, 0.1) is 0 Å². The maximum absolute atomic E-state index is 12.2. The van der Waals surface area contributed by atoms with Crippen LogP contribution in [0.4, 0.5) is 0 Å². The average Bonchev–Trinajstić information content (AvgIpc) is 2.67. The molecule has 0 aliphatic rings. The van der Waals surface area contributed by atoms with Gasteiger partial charge in [-0.3, -0.25) is 9.59 Å². The lowest BCUT2D eigenvalue weighted by atomic mass is 9.97. The molecule has 2 rings (SSSR count). The zero-order valence-electron chi connectivity index (χ0n) is 15.8. The first-order valence-electron chi connectivity index (χ1n) is 9.21. The first-order valence-corrected chi connectivity index (χ1v) is 9.21. The van der Waals surface area contributed by atoms with Gasteiger partial charge in [0.25, 0.3) is 5.91 Å². The molecule has 0 heterocycles. The zero-order chi connectivity index (χ0) is 18.9. The second kappa shape index (κ2) is 9.76. The minimum absolute atomic E-state index is 0.0100. The predicted molar refractivity (Wildman–Crippen MR) is 105 cm³/mol. The van der Waals surface area contributed by atoms with Crippen molar-refractivity contribution in [2.45, 2.75) is 52.1 Å². The highest BCUT2D eigenvalue weighted by molar-refractivity contribution is 5.94. The summed E-state index contributed by atoms with van der Waals surface area (Å²) in [5, 5.41) is 5.90. The Bertz CT molecular complexity index is 728. The summed E-state index contributed by atoms with van der Waals surface area (Å²) in [4.78, 5) is 24.4. The molecule has 2 aromatic carbocycles. The molecule has 2 aromatic rings. The van der Waals surface area contributed by atoms with E-state index in [4.69, 9.17) is 0 Å². The summed E-state index contributed by atoms with van der Waals surface area (Å²) in [6, 6.07) is 17.6. The maximum atomic E-state index is 12.2. The molecule has 2 atom stereocenters. The third kappa shape index (κ3) is 6.03. The topological polar surface area (TPSA) is 58.2 Å². The molecule has 138 valence electrons. The van der Waals surface area contributed by atoms with Crippen LogP contribution < -0.4 is 10.6 Å². The van der Waals surface area contributed by atoms with Crippen LogP contribution in [-0.2, 0) is 11.3 Å². The van der Waals surface area contributed by atoms with Crippen molar-refractivity contribution in [2.24, 2.45) is 0 Å². The molecular formula is C22H28N2O2. The number of amides is 2. The summed E-state index contributed by atoms with van der Waals surface area (Å²) in [5.74, 6) is 0.102. The lowest BCUT2D eigenvalue weighted by molar-refractivity contribution is -0.121. The monoisotopic (exact) mass is 352 g/mol. The van der Waals surface area contributed by atoms with E-state index in [1.165, 1.54) is 0 Å². The molecule has 0 aliphatic heterocycles. The molecule has 0 bridgehead atoms. The Balaban J connectivity index is 1.88. The average molecular weight is 352 g/mol. The Hall–Kier alpha value is -2.62. The molecule has 0 radical (unpaired) electrons. The largest absolute Gasteiger partial charge is 0.352 e. The van der Waals surface area contributed by atoms with Crippen LogP contribution >= 0.6 is 0 Å². The summed E-state index contributed by atoms with van der Waals surface area (Å²) >= 11 is 0. The molecule has 4 heteroatoms. The first kappa shape index (κ1) is 19.7. The minimum atomic E-state index is -0.0785. The molecule has 0 saturated heterocycles. The molecule has 2 N–H and O–H groups in total. The second-order valence-electron chi connectivity index (χ2n) is 6.78. The van der Waals surface area contributed by atoms with E-state index in [9.17, 15) is 9.59 Å². The summed E-state index contributed by atoms with van der Waals surface area (Å²) in [6.45, 7) is 6.49. The van der Waals surface area contributed by atoms with Gasteiger partial charge in [0.1, 0.15) is 0 Å². The fourth-order valence-corrected chi connectivity index (χ4v) is 2.68. The molecule has 2 unspecified atom stereocenters. The SMILES string of the molecule is CCC(C)NC(=O)c1cccc(CNC(=O)CC(C)c2ccccc2)c1. The second-order valence-corrected chi connectivity index (χ2v) is 6.78. The Morgan fingerprint density at radius 2 is 1.73 bits per heavy atom. The van der Waals surface area contributed by atoms with Crippen molar-refractivity contribution in [3.63, 3.8) is 0 Å². The van der Waals surface area contributed by atoms with Crippen LogP contribution in [0.1, 0.15) is 61.0 Å². The van der Waals surface area contributed by atoms with Crippen molar-refractivity contribution < 1.29 is 9.59 Å². The Kier molecular flexibility index (Phi) is 7.39. The van der Waals surface area contributed by atoms with Crippen LogP contribution in [0.5, 0.6) is 0 Å². The fraction of sp³-hybridized carbons (Fsp3) is 0.364. The highest BCUT2D eigenvalue weighted by Crippen LogP contribution is 2.18. The van der Waals surface area contributed by atoms with E-state index < -0.39 is 0 Å². The number of nitrogens with one attached hydrogen (secondary N) is 2. The maximum Gasteiger partial charge on any atom is 0.251 e. The fourth-order valence-electron chi connectivity index (χ4n) is 2.68. The van der Waals surface area contributed by atoms with E-state index in [1.807, 2.05) is 62.4 Å². The third-order valence-electron chi connectivity index (χ3n) is 4.53. The van der Waals surface area contributed by atoms with Crippen molar-refractivity contribution in [3.05, 3.63) is 71.3 Å². The quantitative estimate of drug-likeness (QED) is 0.754. The van der Waals surface area contributed by atoms with E-state index in [2.05, 4.69) is 17.6 Å². The van der Waals surface area contributed by atoms with Crippen molar-refractivity contribution in [3.8, 4) is 0 Å². The van der Waals surface area contributed by atoms with Crippen molar-refractivity contribution in [1.82, 2.24) is 10.6 Å². The Morgan fingerprint density at radius 3 is 2.42 bits per heavy atom. The van der Waals surface area contributed by atoms with Gasteiger partial charge >= 0.3 is 0 Å². The van der Waals surface area contributed by atoms with Gasteiger partial charge in [-0.05, 0) is 42.5 Å². The molecule has 26 heavy (non-hydrogen) atoms. The lowest BCUT2D eigenvalue weighted by Crippen LogP contribution is -2.32. The van der Waals surface area contributed by atoms with Crippen LogP contribution in [0.15, 0.2) is 54.6 Å². The van der Waals surface area contributed by atoms with Gasteiger partial charge in [-0.25, -0.2) is 0 Å². The molecule has 0 aromatic heterocycles. The van der Waals surface area contributed by atoms with E-state index in [0.29, 0.717) is 18.5 Å². The van der Waals surface area contributed by atoms with E-state index in [-0.39, 0.29) is 23.8 Å². The van der Waals surface area contributed by atoms with E-state index >= 15 is 0 Å². The number of benzene rings is 2. The normalized spacial score (nSPS) is 12.9. The molecule has 4 nitrogen and oxygen atoms in total. The van der Waals surface area contributed by atoms with Crippen LogP contribution in [0.25, 0.3) is 0 Å². The van der Waals surface area contributed by atoms with E-state index in [1.54, 1.807) is 6.07 Å². The standard InChI is InChI=1S/C22H28N2O2/c1-4-17(3)24-22(26)20-12-8-9-18(14-20)15-23-21(25)13-16(2)19-10-6-5-7-11-19/h5-12,14,16-17H,4,13,15H2,1-3H3,(H,23,25)(H,24,26). The number of hydrogen-bond acceptors (Lipinski definition) is 2. The highest BCUT2D eigenvalue weighted by Gasteiger charge is 2.12. The van der Waals surface area contributed by atoms with Gasteiger partial charge in [0.2, 0.25) is 5.91 Å². The summed E-state index contributed by atoms with van der Waals surface area (Å²) in [5.41, 5.74) is 2.70. The number of carbonyl (C=O) groups is 2. The molecule has 0 saturated carbocycles. The zero-order valence-corrected chi connectivity index (χ0v) is 15.8. The highest BCUT2D eigenvalue weighted by atomic mass is 16.2. The number of carbonyl (C=O) groups excluding carboxylic acids is 2. The summed E-state index contributed by atoms with van der Waals surface area (Å²) in [6.07, 6.45) is 1.33. The predicted octanol–water partition coefficient (Wildman–Crippen LogP) is 4.02. The van der Waals surface area contributed by atoms with Crippen LogP contribution in [0.3, 0.4) is 0 Å². The van der Waals surface area contributed by atoms with Crippen LogP contribution in [0.2, 0.25) is 0 Å². The Labute approximate surface area is 156 Å². The van der Waals surface area contributed by atoms with Crippen LogP contribution in [-0.4, -0.2) is 17.9 Å². The van der Waals surface area contributed by atoms with Crippen LogP contribution in [0, 0.1) is 0 Å². The van der Waals surface area contributed by atoms with Gasteiger partial charge in [-0.15, -0.1) is 0 Å². The molecule has 0 aliphatic carbocycles. The minimum Gasteiger partial charge on any atom is -0.352 e. The van der Waals surface area contributed by atoms with Gasteiger partial charge in [-0.1, -0.05) is 56.3 Å². The summed E-state index contributed by atoms with van der Waals surface area (Å²) in [7, 11) is 0. The van der Waals surface area contributed by atoms with Gasteiger partial charge in [0, 0.05) is 24.6 Å². The number of hydrogen-bond donors (Lipinski definition) is 2. The first-order chi connectivity index (χ1) is 12.5. The van der Waals surface area contributed by atoms with Crippen molar-refractivity contribution in [2.75, 3.05) is 0 Å². The summed E-state index contributed by atoms with van der Waals surface area (Å²) < 4.78 is 0. The molecule has 0 fully saturated rings. The molecule has 2 amide bonds. The third-order valence-corrected chi connectivity index (χ3v) is 4.53. The van der Waals surface area contributed by atoms with Crippen molar-refractivity contribution >= 4 is 11.8 Å². The van der Waals surface area contributed by atoms with Crippen molar-refractivity contribution in [1.29, 1.82) is 0 Å². The lowest BCUT2D eigenvalue weighted by Gasteiger charge is -2.13.